The van der Waals surface area contributed by atoms with Crippen molar-refractivity contribution in [2.45, 2.75) is 62.3 Å². The highest BCUT2D eigenvalue weighted by Gasteiger charge is 2.54. The fraction of sp³-hybridized carbons (Fsp3) is 0.412. The van der Waals surface area contributed by atoms with Crippen LogP contribution in [0.2, 0.25) is 0 Å². The van der Waals surface area contributed by atoms with Crippen LogP contribution in [0.1, 0.15) is 55.9 Å². The Labute approximate surface area is 280 Å². The summed E-state index contributed by atoms with van der Waals surface area (Å²) in [7, 11) is -3.83. The summed E-state index contributed by atoms with van der Waals surface area (Å²) >= 11 is 0. The maximum atomic E-state index is 14.3. The number of amides is 1. The van der Waals surface area contributed by atoms with Gasteiger partial charge in [0.1, 0.15) is 5.75 Å². The Morgan fingerprint density at radius 1 is 1.06 bits per heavy atom. The molecule has 1 amide bonds. The van der Waals surface area contributed by atoms with Crippen LogP contribution >= 0.6 is 0 Å². The fourth-order valence-electron chi connectivity index (χ4n) is 5.16. The van der Waals surface area contributed by atoms with Crippen LogP contribution in [-0.2, 0) is 30.7 Å². The monoisotopic (exact) mass is 678 g/mol. The molecule has 0 bridgehead atoms. The minimum absolute atomic E-state index is 0.00991. The summed E-state index contributed by atoms with van der Waals surface area (Å²) in [5, 5.41) is 12.8. The van der Waals surface area contributed by atoms with E-state index in [4.69, 9.17) is 29.8 Å². The quantitative estimate of drug-likeness (QED) is 0.0530. The first-order chi connectivity index (χ1) is 23.2. The van der Waals surface area contributed by atoms with Gasteiger partial charge in [0.25, 0.3) is 5.91 Å². The Morgan fingerprint density at radius 2 is 1.79 bits per heavy atom. The molecule has 3 aromatic carbocycles. The molecule has 48 heavy (non-hydrogen) atoms. The van der Waals surface area contributed by atoms with Gasteiger partial charge in [0.05, 0.1) is 29.9 Å². The van der Waals surface area contributed by atoms with Gasteiger partial charge in [0.15, 0.2) is 21.5 Å². The first kappa shape index (κ1) is 36.4. The molecular weight excluding hydrogens is 636 g/mol. The van der Waals surface area contributed by atoms with Gasteiger partial charge in [-0.05, 0) is 73.3 Å². The van der Waals surface area contributed by atoms with Gasteiger partial charge in [-0.3, -0.25) is 10.2 Å². The Balaban J connectivity index is 1.75. The second-order valence-corrected chi connectivity index (χ2v) is 13.5. The highest BCUT2D eigenvalue weighted by Crippen LogP contribution is 2.44. The van der Waals surface area contributed by atoms with Gasteiger partial charge in [-0.15, -0.1) is 0 Å². The molecule has 3 N–H and O–H groups in total. The topological polar surface area (TPSA) is 184 Å². The van der Waals surface area contributed by atoms with Crippen LogP contribution < -0.4 is 15.6 Å². The Hall–Kier alpha value is -4.46. The molecule has 0 fully saturated rings. The molecule has 1 aliphatic heterocycles. The number of rotatable bonds is 19. The predicted octanol–water partition coefficient (Wildman–Crippen LogP) is 4.81. The van der Waals surface area contributed by atoms with Crippen molar-refractivity contribution in [2.24, 2.45) is 10.1 Å². The molecule has 0 unspecified atom stereocenters. The SMILES string of the molecule is CC(C)OCCCNNC(=O)[C@@]1(CCS(=O)(=O)c2ccccc2)N=C(c2ccc(OCCCO)cc2)O[C@H]1c1ccccc1CN=[N+]=[N-]. The molecule has 256 valence electrons. The lowest BCUT2D eigenvalue weighted by Gasteiger charge is -2.31. The maximum Gasteiger partial charge on any atom is 0.266 e. The highest BCUT2D eigenvalue weighted by atomic mass is 32.2. The Bertz CT molecular complexity index is 1680. The van der Waals surface area contributed by atoms with Gasteiger partial charge >= 0.3 is 0 Å². The van der Waals surface area contributed by atoms with Gasteiger partial charge in [-0.1, -0.05) is 47.6 Å². The molecule has 0 saturated heterocycles. The standard InChI is InChI=1S/C34H42N6O7S/c1-25(2)45-21-8-19-36-39-33(42)34(18-23-48(43,44)29-11-4-3-5-12-29)31(30-13-7-6-10-27(30)24-37-40-35)47-32(38-34)26-14-16-28(17-15-26)46-22-9-20-41/h3-7,10-17,25,31,36,41H,8-9,18-24H2,1-2H3,(H,39,42)/t31-,34-/m0/s1. The lowest BCUT2D eigenvalue weighted by atomic mass is 9.83. The lowest BCUT2D eigenvalue weighted by molar-refractivity contribution is -0.130. The van der Waals surface area contributed by atoms with E-state index < -0.39 is 33.1 Å². The van der Waals surface area contributed by atoms with E-state index in [9.17, 15) is 13.2 Å². The number of hydrogen-bond acceptors (Lipinski definition) is 10. The number of hydrogen-bond donors (Lipinski definition) is 3. The van der Waals surface area contributed by atoms with Crippen LogP contribution in [0, 0.1) is 0 Å². The zero-order valence-corrected chi connectivity index (χ0v) is 27.9. The second-order valence-electron chi connectivity index (χ2n) is 11.4. The molecule has 3 aromatic rings. The van der Waals surface area contributed by atoms with Gasteiger partial charge in [0, 0.05) is 43.1 Å². The Kier molecular flexibility index (Phi) is 13.4. The van der Waals surface area contributed by atoms with E-state index in [0.717, 1.165) is 0 Å². The van der Waals surface area contributed by atoms with E-state index in [1.54, 1.807) is 66.7 Å². The van der Waals surface area contributed by atoms with E-state index in [-0.39, 0.29) is 36.5 Å². The molecule has 0 spiro atoms. The second kappa shape index (κ2) is 17.6. The number of ether oxygens (including phenoxy) is 3. The maximum absolute atomic E-state index is 14.3. The van der Waals surface area contributed by atoms with E-state index in [1.807, 2.05) is 13.8 Å². The number of carbonyl (C=O) groups excluding carboxylic acids is 1. The largest absolute Gasteiger partial charge is 0.494 e. The van der Waals surface area contributed by atoms with Crippen LogP contribution in [0.15, 0.2) is 93.9 Å². The number of carbonyl (C=O) groups is 1. The summed E-state index contributed by atoms with van der Waals surface area (Å²) in [4.78, 5) is 22.2. The summed E-state index contributed by atoms with van der Waals surface area (Å²) in [6.45, 7) is 5.09. The molecule has 14 heteroatoms. The first-order valence-corrected chi connectivity index (χ1v) is 17.5. The smallest absolute Gasteiger partial charge is 0.266 e. The molecule has 0 aliphatic carbocycles. The molecule has 0 radical (unpaired) electrons. The van der Waals surface area contributed by atoms with Crippen molar-refractivity contribution in [1.82, 2.24) is 10.9 Å². The summed E-state index contributed by atoms with van der Waals surface area (Å²) in [5.41, 5.74) is 14.7. The van der Waals surface area contributed by atoms with Crippen LogP contribution in [0.3, 0.4) is 0 Å². The fourth-order valence-corrected chi connectivity index (χ4v) is 6.54. The number of hydrazine groups is 1. The van der Waals surface area contributed by atoms with E-state index in [2.05, 4.69) is 20.9 Å². The first-order valence-electron chi connectivity index (χ1n) is 15.8. The third kappa shape index (κ3) is 9.55. The minimum atomic E-state index is -3.83. The van der Waals surface area contributed by atoms with Crippen molar-refractivity contribution < 1.29 is 32.5 Å². The average molecular weight is 679 g/mol. The van der Waals surface area contributed by atoms with Gasteiger partial charge in [0.2, 0.25) is 5.90 Å². The molecular formula is C34H42N6O7S. The van der Waals surface area contributed by atoms with Crippen molar-refractivity contribution in [1.29, 1.82) is 0 Å². The number of nitrogens with zero attached hydrogens (tertiary/aromatic N) is 4. The summed E-state index contributed by atoms with van der Waals surface area (Å²) in [6, 6.07) is 22.0. The van der Waals surface area contributed by atoms with Crippen molar-refractivity contribution >= 4 is 21.6 Å². The zero-order chi connectivity index (χ0) is 34.4. The molecule has 2 atom stereocenters. The predicted molar refractivity (Wildman–Crippen MR) is 181 cm³/mol. The third-order valence-corrected chi connectivity index (χ3v) is 9.36. The number of aliphatic hydroxyl groups excluding tert-OH is 1. The lowest BCUT2D eigenvalue weighted by Crippen LogP contribution is -2.53. The van der Waals surface area contributed by atoms with E-state index >= 15 is 0 Å². The normalized spacial score (nSPS) is 17.3. The number of aliphatic hydroxyl groups is 1. The van der Waals surface area contributed by atoms with Crippen molar-refractivity contribution in [2.75, 3.05) is 32.1 Å². The minimum Gasteiger partial charge on any atom is -0.494 e. The molecule has 0 aromatic heterocycles. The number of aliphatic imine (C=N–C) groups is 1. The van der Waals surface area contributed by atoms with Crippen LogP contribution in [0.4, 0.5) is 0 Å². The van der Waals surface area contributed by atoms with Crippen LogP contribution in [0.25, 0.3) is 10.4 Å². The third-order valence-electron chi connectivity index (χ3n) is 7.63. The van der Waals surface area contributed by atoms with Gasteiger partial charge in [-0.2, -0.15) is 0 Å². The summed E-state index contributed by atoms with van der Waals surface area (Å²) in [6.07, 6.45) is -0.123. The van der Waals surface area contributed by atoms with Crippen LogP contribution in [-0.4, -0.2) is 69.1 Å². The van der Waals surface area contributed by atoms with Gasteiger partial charge < -0.3 is 19.3 Å². The highest BCUT2D eigenvalue weighted by molar-refractivity contribution is 7.91. The van der Waals surface area contributed by atoms with E-state index in [0.29, 0.717) is 55.0 Å². The van der Waals surface area contributed by atoms with E-state index in [1.165, 1.54) is 12.1 Å². The van der Waals surface area contributed by atoms with Crippen molar-refractivity contribution in [3.05, 3.63) is 106 Å². The number of nitrogens with one attached hydrogen (secondary N) is 2. The molecule has 0 saturated carbocycles. The Morgan fingerprint density at radius 3 is 2.50 bits per heavy atom. The number of azide groups is 1. The summed E-state index contributed by atoms with van der Waals surface area (Å²) < 4.78 is 44.9. The average Bonchev–Trinajstić information content (AvgIpc) is 3.49. The zero-order valence-electron chi connectivity index (χ0n) is 27.1. The molecule has 13 nitrogen and oxygen atoms in total. The van der Waals surface area contributed by atoms with Crippen molar-refractivity contribution in [3.63, 3.8) is 0 Å². The number of sulfone groups is 1. The van der Waals surface area contributed by atoms with Crippen LogP contribution in [0.5, 0.6) is 5.75 Å². The van der Waals surface area contributed by atoms with Gasteiger partial charge in [-0.25, -0.2) is 18.8 Å². The molecule has 4 rings (SSSR count). The van der Waals surface area contributed by atoms with Crippen molar-refractivity contribution in [3.8, 4) is 5.75 Å². The summed E-state index contributed by atoms with van der Waals surface area (Å²) in [5.74, 6) is -0.277. The molecule has 1 heterocycles. The molecule has 1 aliphatic rings. The number of benzene rings is 3.